The average Bonchev–Trinajstić information content (AvgIpc) is 2.90. The summed E-state index contributed by atoms with van der Waals surface area (Å²) in [4.78, 5) is 26.0. The number of hydrogen-bond donors (Lipinski definition) is 1. The molecule has 1 atom stereocenters. The Morgan fingerprint density at radius 1 is 1.17 bits per heavy atom. The Balaban J connectivity index is 1.69. The SMILES string of the molecule is Cc1ccc(C(=O)N[C@H]2CC(=O)N(c3cccc(F)c3)C2)cc1C. The summed E-state index contributed by atoms with van der Waals surface area (Å²) in [7, 11) is 0. The van der Waals surface area contributed by atoms with Gasteiger partial charge in [0.2, 0.25) is 5.91 Å². The first kappa shape index (κ1) is 16.2. The maximum atomic E-state index is 13.3. The lowest BCUT2D eigenvalue weighted by molar-refractivity contribution is -0.117. The fraction of sp³-hybridized carbons (Fsp3) is 0.263. The van der Waals surface area contributed by atoms with Gasteiger partial charge in [0.05, 0.1) is 6.04 Å². The van der Waals surface area contributed by atoms with Crippen molar-refractivity contribution in [2.75, 3.05) is 11.4 Å². The smallest absolute Gasteiger partial charge is 0.251 e. The predicted molar refractivity (Wildman–Crippen MR) is 90.5 cm³/mol. The molecule has 2 amide bonds. The number of hydrogen-bond acceptors (Lipinski definition) is 2. The van der Waals surface area contributed by atoms with Crippen LogP contribution in [-0.4, -0.2) is 24.4 Å². The Morgan fingerprint density at radius 3 is 2.67 bits per heavy atom. The van der Waals surface area contributed by atoms with E-state index in [-0.39, 0.29) is 30.1 Å². The van der Waals surface area contributed by atoms with Gasteiger partial charge in [0.25, 0.3) is 5.91 Å². The molecule has 0 saturated carbocycles. The first-order valence-electron chi connectivity index (χ1n) is 7.88. The van der Waals surface area contributed by atoms with E-state index in [0.717, 1.165) is 11.1 Å². The number of nitrogens with zero attached hydrogens (tertiary/aromatic N) is 1. The highest BCUT2D eigenvalue weighted by molar-refractivity contribution is 5.99. The second kappa shape index (κ2) is 6.43. The van der Waals surface area contributed by atoms with Crippen LogP contribution in [0.15, 0.2) is 42.5 Å². The van der Waals surface area contributed by atoms with Crippen molar-refractivity contribution in [2.45, 2.75) is 26.3 Å². The zero-order valence-corrected chi connectivity index (χ0v) is 13.7. The molecule has 0 spiro atoms. The first-order chi connectivity index (χ1) is 11.4. The summed E-state index contributed by atoms with van der Waals surface area (Å²) in [5.74, 6) is -0.703. The summed E-state index contributed by atoms with van der Waals surface area (Å²) in [5, 5.41) is 2.89. The van der Waals surface area contributed by atoms with E-state index in [4.69, 9.17) is 0 Å². The second-order valence-corrected chi connectivity index (χ2v) is 6.16. The second-order valence-electron chi connectivity index (χ2n) is 6.16. The van der Waals surface area contributed by atoms with Crippen LogP contribution in [0.4, 0.5) is 10.1 Å². The molecule has 1 aliphatic rings. The van der Waals surface area contributed by atoms with Gasteiger partial charge in [-0.3, -0.25) is 9.59 Å². The Kier molecular flexibility index (Phi) is 4.34. The third kappa shape index (κ3) is 3.30. The van der Waals surface area contributed by atoms with Crippen LogP contribution in [0.2, 0.25) is 0 Å². The molecule has 0 unspecified atom stereocenters. The van der Waals surface area contributed by atoms with E-state index in [2.05, 4.69) is 5.32 Å². The molecule has 3 rings (SSSR count). The van der Waals surface area contributed by atoms with E-state index >= 15 is 0 Å². The molecule has 4 nitrogen and oxygen atoms in total. The maximum Gasteiger partial charge on any atom is 0.251 e. The van der Waals surface area contributed by atoms with Crippen molar-refractivity contribution >= 4 is 17.5 Å². The number of carbonyl (C=O) groups is 2. The van der Waals surface area contributed by atoms with Gasteiger partial charge in [0.1, 0.15) is 5.82 Å². The van der Waals surface area contributed by atoms with E-state index in [1.807, 2.05) is 26.0 Å². The number of aryl methyl sites for hydroxylation is 2. The van der Waals surface area contributed by atoms with E-state index in [1.165, 1.54) is 17.0 Å². The van der Waals surface area contributed by atoms with Gasteiger partial charge in [0, 0.05) is 24.2 Å². The molecule has 1 heterocycles. The van der Waals surface area contributed by atoms with E-state index in [9.17, 15) is 14.0 Å². The number of halogens is 1. The summed E-state index contributed by atoms with van der Waals surface area (Å²) in [6.45, 7) is 4.29. The Labute approximate surface area is 140 Å². The molecule has 124 valence electrons. The van der Waals surface area contributed by atoms with Crippen molar-refractivity contribution in [1.82, 2.24) is 5.32 Å². The monoisotopic (exact) mass is 326 g/mol. The van der Waals surface area contributed by atoms with Gasteiger partial charge in [-0.05, 0) is 55.3 Å². The van der Waals surface area contributed by atoms with Crippen molar-refractivity contribution in [2.24, 2.45) is 0 Å². The molecule has 5 heteroatoms. The van der Waals surface area contributed by atoms with Crippen LogP contribution in [-0.2, 0) is 4.79 Å². The van der Waals surface area contributed by atoms with Crippen molar-refractivity contribution in [3.63, 3.8) is 0 Å². The van der Waals surface area contributed by atoms with Gasteiger partial charge in [-0.1, -0.05) is 12.1 Å². The van der Waals surface area contributed by atoms with Gasteiger partial charge >= 0.3 is 0 Å². The summed E-state index contributed by atoms with van der Waals surface area (Å²) < 4.78 is 13.3. The summed E-state index contributed by atoms with van der Waals surface area (Å²) >= 11 is 0. The lowest BCUT2D eigenvalue weighted by Crippen LogP contribution is -2.37. The third-order valence-corrected chi connectivity index (χ3v) is 4.35. The number of rotatable bonds is 3. The number of nitrogens with one attached hydrogen (secondary N) is 1. The van der Waals surface area contributed by atoms with Crippen molar-refractivity contribution < 1.29 is 14.0 Å². The third-order valence-electron chi connectivity index (χ3n) is 4.35. The number of amides is 2. The summed E-state index contributed by atoms with van der Waals surface area (Å²) in [6.07, 6.45) is 0.215. The van der Waals surface area contributed by atoms with Crippen LogP contribution in [0.1, 0.15) is 27.9 Å². The van der Waals surface area contributed by atoms with E-state index in [0.29, 0.717) is 17.8 Å². The molecular formula is C19H19FN2O2. The van der Waals surface area contributed by atoms with Gasteiger partial charge in [-0.25, -0.2) is 4.39 Å². The molecule has 1 fully saturated rings. The predicted octanol–water partition coefficient (Wildman–Crippen LogP) is 2.98. The van der Waals surface area contributed by atoms with Crippen molar-refractivity contribution in [1.29, 1.82) is 0 Å². The average molecular weight is 326 g/mol. The highest BCUT2D eigenvalue weighted by Gasteiger charge is 2.31. The Morgan fingerprint density at radius 2 is 1.96 bits per heavy atom. The fourth-order valence-electron chi connectivity index (χ4n) is 2.85. The molecule has 0 aliphatic carbocycles. The minimum atomic E-state index is -0.386. The van der Waals surface area contributed by atoms with Crippen LogP contribution >= 0.6 is 0 Å². The van der Waals surface area contributed by atoms with Crippen molar-refractivity contribution in [3.8, 4) is 0 Å². The highest BCUT2D eigenvalue weighted by Crippen LogP contribution is 2.22. The van der Waals surface area contributed by atoms with Crippen LogP contribution in [0.25, 0.3) is 0 Å². The molecule has 2 aromatic rings. The molecular weight excluding hydrogens is 307 g/mol. The number of benzene rings is 2. The quantitative estimate of drug-likeness (QED) is 0.943. The molecule has 24 heavy (non-hydrogen) atoms. The standard InChI is InChI=1S/C19H19FN2O2/c1-12-6-7-14(8-13(12)2)19(24)21-16-10-18(23)22(11-16)17-5-3-4-15(20)9-17/h3-9,16H,10-11H2,1-2H3,(H,21,24)/t16-/m0/s1. The summed E-state index contributed by atoms with van der Waals surface area (Å²) in [6, 6.07) is 11.2. The van der Waals surface area contributed by atoms with Gasteiger partial charge in [-0.15, -0.1) is 0 Å². The van der Waals surface area contributed by atoms with Crippen LogP contribution < -0.4 is 10.2 Å². The number of carbonyl (C=O) groups excluding carboxylic acids is 2. The molecule has 1 saturated heterocycles. The first-order valence-corrected chi connectivity index (χ1v) is 7.88. The number of anilines is 1. The lowest BCUT2D eigenvalue weighted by Gasteiger charge is -2.17. The van der Waals surface area contributed by atoms with Gasteiger partial charge < -0.3 is 10.2 Å². The van der Waals surface area contributed by atoms with Gasteiger partial charge in [-0.2, -0.15) is 0 Å². The van der Waals surface area contributed by atoms with E-state index in [1.54, 1.807) is 18.2 Å². The van der Waals surface area contributed by atoms with Crippen LogP contribution in [0, 0.1) is 19.7 Å². The summed E-state index contributed by atoms with van der Waals surface area (Å²) in [5.41, 5.74) is 3.27. The molecule has 2 aromatic carbocycles. The minimum absolute atomic E-state index is 0.119. The lowest BCUT2D eigenvalue weighted by atomic mass is 10.1. The highest BCUT2D eigenvalue weighted by atomic mass is 19.1. The normalized spacial score (nSPS) is 17.2. The molecule has 1 aliphatic heterocycles. The van der Waals surface area contributed by atoms with Crippen LogP contribution in [0.5, 0.6) is 0 Å². The minimum Gasteiger partial charge on any atom is -0.347 e. The Hall–Kier alpha value is -2.69. The molecule has 0 radical (unpaired) electrons. The van der Waals surface area contributed by atoms with Crippen molar-refractivity contribution in [3.05, 3.63) is 65.0 Å². The fourth-order valence-corrected chi connectivity index (χ4v) is 2.85. The zero-order valence-electron chi connectivity index (χ0n) is 13.7. The maximum absolute atomic E-state index is 13.3. The molecule has 0 bridgehead atoms. The van der Waals surface area contributed by atoms with E-state index < -0.39 is 0 Å². The molecule has 0 aromatic heterocycles. The Bertz CT molecular complexity index is 804. The largest absolute Gasteiger partial charge is 0.347 e. The van der Waals surface area contributed by atoms with Gasteiger partial charge in [0.15, 0.2) is 0 Å². The van der Waals surface area contributed by atoms with Crippen LogP contribution in [0.3, 0.4) is 0 Å². The molecule has 1 N–H and O–H groups in total. The zero-order chi connectivity index (χ0) is 17.3. The topological polar surface area (TPSA) is 49.4 Å².